The molecule has 1 amide bonds. The second-order valence-electron chi connectivity index (χ2n) is 1.69. The molecule has 0 aromatic carbocycles. The van der Waals surface area contributed by atoms with Crippen LogP contribution in [0.25, 0.3) is 0 Å². The molecule has 3 heteroatoms. The number of hydrogen-bond acceptors (Lipinski definition) is 2. The number of amides is 1. The van der Waals surface area contributed by atoms with Gasteiger partial charge in [0.05, 0.1) is 0 Å². The van der Waals surface area contributed by atoms with E-state index in [1.807, 2.05) is 0 Å². The van der Waals surface area contributed by atoms with Crippen molar-refractivity contribution in [3.63, 3.8) is 0 Å². The van der Waals surface area contributed by atoms with E-state index in [9.17, 15) is 4.79 Å². The Morgan fingerprint density at radius 1 is 1.78 bits per heavy atom. The van der Waals surface area contributed by atoms with Gasteiger partial charge in [-0.15, -0.1) is 0 Å². The number of nitrogens with one attached hydrogen (secondary N) is 1. The minimum atomic E-state index is 0.138. The molecule has 9 heavy (non-hydrogen) atoms. The van der Waals surface area contributed by atoms with E-state index >= 15 is 0 Å². The molecule has 0 rings (SSSR count). The summed E-state index contributed by atoms with van der Waals surface area (Å²) in [4.78, 5) is 9.74. The molecule has 0 aromatic heterocycles. The van der Waals surface area contributed by atoms with Gasteiger partial charge in [0.15, 0.2) is 0 Å². The summed E-state index contributed by atoms with van der Waals surface area (Å²) in [5, 5.41) is 10.7. The Hall–Kier alpha value is -0.830. The minimum absolute atomic E-state index is 0.138. The zero-order chi connectivity index (χ0) is 7.11. The summed E-state index contributed by atoms with van der Waals surface area (Å²) in [5.74, 6) is 0. The fourth-order valence-corrected chi connectivity index (χ4v) is 0.448. The first-order valence-corrected chi connectivity index (χ1v) is 2.80. The van der Waals surface area contributed by atoms with Crippen LogP contribution in [0.4, 0.5) is 0 Å². The third kappa shape index (κ3) is 5.03. The van der Waals surface area contributed by atoms with Gasteiger partial charge in [-0.05, 0) is 12.8 Å². The Bertz CT molecular complexity index is 101. The number of allylic oxidation sites excluding steroid dienone is 1. The van der Waals surface area contributed by atoms with Crippen molar-refractivity contribution >= 4 is 6.41 Å². The minimum Gasteiger partial charge on any atom is -0.396 e. The van der Waals surface area contributed by atoms with Crippen LogP contribution in [0.15, 0.2) is 12.3 Å². The summed E-state index contributed by atoms with van der Waals surface area (Å²) in [6, 6.07) is 0. The van der Waals surface area contributed by atoms with Crippen LogP contribution in [0.1, 0.15) is 12.8 Å². The van der Waals surface area contributed by atoms with Gasteiger partial charge in [0.25, 0.3) is 0 Å². The van der Waals surface area contributed by atoms with Gasteiger partial charge in [-0.2, -0.15) is 0 Å². The maximum atomic E-state index is 9.74. The molecule has 0 aliphatic heterocycles. The quantitative estimate of drug-likeness (QED) is 0.514. The first-order valence-electron chi connectivity index (χ1n) is 2.80. The highest BCUT2D eigenvalue weighted by molar-refractivity contribution is 5.49. The zero-order valence-corrected chi connectivity index (χ0v) is 5.26. The van der Waals surface area contributed by atoms with Crippen LogP contribution in [0.5, 0.6) is 0 Å². The normalized spacial score (nSPS) is 8.56. The third-order valence-electron chi connectivity index (χ3n) is 0.900. The van der Waals surface area contributed by atoms with Crippen molar-refractivity contribution in [3.8, 4) is 0 Å². The van der Waals surface area contributed by atoms with Crippen LogP contribution in [-0.4, -0.2) is 18.1 Å². The van der Waals surface area contributed by atoms with E-state index in [1.54, 1.807) is 0 Å². The monoisotopic (exact) mass is 129 g/mol. The van der Waals surface area contributed by atoms with Crippen LogP contribution in [0, 0.1) is 0 Å². The van der Waals surface area contributed by atoms with E-state index in [-0.39, 0.29) is 6.61 Å². The van der Waals surface area contributed by atoms with Crippen LogP contribution in [0.2, 0.25) is 0 Å². The number of aliphatic hydroxyl groups excluding tert-OH is 1. The number of aliphatic hydroxyl groups is 1. The molecule has 2 N–H and O–H groups in total. The van der Waals surface area contributed by atoms with Crippen molar-refractivity contribution < 1.29 is 9.90 Å². The lowest BCUT2D eigenvalue weighted by Crippen LogP contribution is -2.08. The summed E-state index contributed by atoms with van der Waals surface area (Å²) in [5.41, 5.74) is 0.652. The Labute approximate surface area is 54.4 Å². The average Bonchev–Trinajstić information content (AvgIpc) is 1.85. The molecule has 0 bridgehead atoms. The number of rotatable bonds is 5. The molecule has 3 nitrogen and oxygen atoms in total. The van der Waals surface area contributed by atoms with Crippen molar-refractivity contribution in [1.29, 1.82) is 0 Å². The third-order valence-corrected chi connectivity index (χ3v) is 0.900. The summed E-state index contributed by atoms with van der Waals surface area (Å²) in [6.45, 7) is 3.67. The molecular formula is C6H11NO2. The first-order chi connectivity index (χ1) is 4.31. The van der Waals surface area contributed by atoms with Crippen molar-refractivity contribution in [2.45, 2.75) is 12.8 Å². The maximum Gasteiger partial charge on any atom is 0.211 e. The summed E-state index contributed by atoms with van der Waals surface area (Å²) >= 11 is 0. The van der Waals surface area contributed by atoms with Gasteiger partial charge >= 0.3 is 0 Å². The van der Waals surface area contributed by atoms with E-state index in [2.05, 4.69) is 11.9 Å². The van der Waals surface area contributed by atoms with Crippen molar-refractivity contribution in [3.05, 3.63) is 12.3 Å². The highest BCUT2D eigenvalue weighted by Gasteiger charge is 1.88. The Balaban J connectivity index is 3.16. The van der Waals surface area contributed by atoms with E-state index in [0.717, 1.165) is 0 Å². The second kappa shape index (κ2) is 5.31. The molecule has 0 atom stereocenters. The van der Waals surface area contributed by atoms with Crippen LogP contribution >= 0.6 is 0 Å². The molecule has 0 saturated heterocycles. The largest absolute Gasteiger partial charge is 0.396 e. The zero-order valence-electron chi connectivity index (χ0n) is 5.26. The molecular weight excluding hydrogens is 118 g/mol. The molecule has 0 aliphatic carbocycles. The SMILES string of the molecule is C=C(CCCO)NC=O. The Kier molecular flexibility index (Phi) is 4.82. The number of hydrogen-bond donors (Lipinski definition) is 2. The summed E-state index contributed by atoms with van der Waals surface area (Å²) < 4.78 is 0. The first kappa shape index (κ1) is 8.17. The Morgan fingerprint density at radius 2 is 2.44 bits per heavy atom. The lowest BCUT2D eigenvalue weighted by atomic mass is 10.3. The van der Waals surface area contributed by atoms with Gasteiger partial charge < -0.3 is 10.4 Å². The van der Waals surface area contributed by atoms with Crippen LogP contribution < -0.4 is 5.32 Å². The number of carbonyl (C=O) groups excluding carboxylic acids is 1. The van der Waals surface area contributed by atoms with Crippen LogP contribution in [-0.2, 0) is 4.79 Å². The van der Waals surface area contributed by atoms with E-state index in [1.165, 1.54) is 0 Å². The molecule has 0 unspecified atom stereocenters. The molecule has 52 valence electrons. The molecule has 0 spiro atoms. The molecule has 0 saturated carbocycles. The predicted molar refractivity (Wildman–Crippen MR) is 34.7 cm³/mol. The summed E-state index contributed by atoms with van der Waals surface area (Å²) in [7, 11) is 0. The van der Waals surface area contributed by atoms with Gasteiger partial charge in [-0.25, -0.2) is 0 Å². The second-order valence-corrected chi connectivity index (χ2v) is 1.69. The number of carbonyl (C=O) groups is 1. The molecule has 0 radical (unpaired) electrons. The lowest BCUT2D eigenvalue weighted by Gasteiger charge is -1.99. The fourth-order valence-electron chi connectivity index (χ4n) is 0.448. The Morgan fingerprint density at radius 3 is 2.89 bits per heavy atom. The molecule has 0 aromatic rings. The smallest absolute Gasteiger partial charge is 0.211 e. The maximum absolute atomic E-state index is 9.74. The van der Waals surface area contributed by atoms with Crippen molar-refractivity contribution in [2.24, 2.45) is 0 Å². The van der Waals surface area contributed by atoms with Gasteiger partial charge in [0.1, 0.15) is 0 Å². The van der Waals surface area contributed by atoms with Gasteiger partial charge in [-0.1, -0.05) is 6.58 Å². The predicted octanol–water partition coefficient (Wildman–Crippen LogP) is 0.0186. The highest BCUT2D eigenvalue weighted by atomic mass is 16.2. The molecule has 0 aliphatic rings. The van der Waals surface area contributed by atoms with Crippen molar-refractivity contribution in [1.82, 2.24) is 5.32 Å². The highest BCUT2D eigenvalue weighted by Crippen LogP contribution is 1.94. The average molecular weight is 129 g/mol. The van der Waals surface area contributed by atoms with Gasteiger partial charge in [-0.3, -0.25) is 4.79 Å². The molecule has 0 fully saturated rings. The topological polar surface area (TPSA) is 49.3 Å². The molecule has 0 heterocycles. The van der Waals surface area contributed by atoms with E-state index < -0.39 is 0 Å². The lowest BCUT2D eigenvalue weighted by molar-refractivity contribution is -0.109. The fraction of sp³-hybridized carbons (Fsp3) is 0.500. The standard InChI is InChI=1S/C6H11NO2/c1-6(7-5-9)3-2-4-8/h5,8H,1-4H2,(H,7,9). The summed E-state index contributed by atoms with van der Waals surface area (Å²) in [6.07, 6.45) is 1.88. The van der Waals surface area contributed by atoms with Crippen molar-refractivity contribution in [2.75, 3.05) is 6.61 Å². The van der Waals surface area contributed by atoms with E-state index in [4.69, 9.17) is 5.11 Å². The van der Waals surface area contributed by atoms with E-state index in [0.29, 0.717) is 24.9 Å². The van der Waals surface area contributed by atoms with Crippen LogP contribution in [0.3, 0.4) is 0 Å². The van der Waals surface area contributed by atoms with Gasteiger partial charge in [0, 0.05) is 12.3 Å². The van der Waals surface area contributed by atoms with Gasteiger partial charge in [0.2, 0.25) is 6.41 Å².